The Morgan fingerprint density at radius 2 is 1.94 bits per heavy atom. The van der Waals surface area contributed by atoms with E-state index in [2.05, 4.69) is 0 Å². The smallest absolute Gasteiger partial charge is 0.329 e. The summed E-state index contributed by atoms with van der Waals surface area (Å²) < 4.78 is 5.24. The van der Waals surface area contributed by atoms with Gasteiger partial charge in [0.2, 0.25) is 0 Å². The summed E-state index contributed by atoms with van der Waals surface area (Å²) in [4.78, 5) is 26.6. The van der Waals surface area contributed by atoms with Crippen molar-refractivity contribution in [2.24, 2.45) is 0 Å². The molecule has 0 N–H and O–H groups in total. The molecule has 5 heteroatoms. The number of carbonyl (C=O) groups excluding carboxylic acids is 2. The van der Waals surface area contributed by atoms with Crippen LogP contribution in [0.1, 0.15) is 27.7 Å². The summed E-state index contributed by atoms with van der Waals surface area (Å²) in [5, 5.41) is 0. The molecule has 1 aliphatic heterocycles. The molecule has 1 fully saturated rings. The van der Waals surface area contributed by atoms with Gasteiger partial charge in [-0.05, 0) is 27.7 Å². The first kappa shape index (κ1) is 12.8. The summed E-state index contributed by atoms with van der Waals surface area (Å²) in [5.41, 5.74) is -0.514. The van der Waals surface area contributed by atoms with Gasteiger partial charge in [-0.3, -0.25) is 0 Å². The molecule has 0 aromatic carbocycles. The molecular formula is C11H20N2O3. The van der Waals surface area contributed by atoms with Gasteiger partial charge in [-0.25, -0.2) is 9.59 Å². The molecule has 1 unspecified atom stereocenters. The summed E-state index contributed by atoms with van der Waals surface area (Å²) in [6.45, 7) is 8.38. The van der Waals surface area contributed by atoms with Crippen molar-refractivity contribution >= 4 is 12.0 Å². The van der Waals surface area contributed by atoms with E-state index < -0.39 is 11.6 Å². The number of urea groups is 1. The molecule has 0 saturated carbocycles. The van der Waals surface area contributed by atoms with Crippen LogP contribution in [0.4, 0.5) is 4.79 Å². The van der Waals surface area contributed by atoms with Crippen molar-refractivity contribution in [3.63, 3.8) is 0 Å². The molecule has 1 heterocycles. The minimum absolute atomic E-state index is 0.113. The van der Waals surface area contributed by atoms with E-state index in [0.717, 1.165) is 0 Å². The first-order valence-corrected chi connectivity index (χ1v) is 5.47. The standard InChI is InChI=1S/C11H20N2O3/c1-8(9(14)16-11(2,3)4)13-7-6-12(5)10(13)15/h8H,6-7H2,1-5H3. The molecule has 0 aliphatic carbocycles. The Morgan fingerprint density at radius 3 is 2.31 bits per heavy atom. The zero-order chi connectivity index (χ0) is 12.5. The van der Waals surface area contributed by atoms with E-state index >= 15 is 0 Å². The van der Waals surface area contributed by atoms with Gasteiger partial charge in [-0.2, -0.15) is 0 Å². The Kier molecular flexibility index (Phi) is 3.45. The molecule has 1 atom stereocenters. The molecule has 1 aliphatic rings. The topological polar surface area (TPSA) is 49.9 Å². The number of hydrogen-bond donors (Lipinski definition) is 0. The van der Waals surface area contributed by atoms with Crippen molar-refractivity contribution in [1.29, 1.82) is 0 Å². The number of rotatable bonds is 2. The minimum atomic E-state index is -0.517. The van der Waals surface area contributed by atoms with Crippen LogP contribution in [0.5, 0.6) is 0 Å². The molecule has 1 saturated heterocycles. The highest BCUT2D eigenvalue weighted by molar-refractivity contribution is 5.84. The lowest BCUT2D eigenvalue weighted by molar-refractivity contribution is -0.159. The van der Waals surface area contributed by atoms with Crippen LogP contribution in [0.25, 0.3) is 0 Å². The van der Waals surface area contributed by atoms with Gasteiger partial charge in [0.25, 0.3) is 0 Å². The van der Waals surface area contributed by atoms with Crippen LogP contribution in [-0.2, 0) is 9.53 Å². The van der Waals surface area contributed by atoms with E-state index in [4.69, 9.17) is 4.74 Å². The second kappa shape index (κ2) is 4.31. The molecule has 0 aromatic rings. The van der Waals surface area contributed by atoms with Crippen LogP contribution >= 0.6 is 0 Å². The van der Waals surface area contributed by atoms with Crippen LogP contribution in [0.15, 0.2) is 0 Å². The second-order valence-electron chi connectivity index (χ2n) is 5.11. The number of amides is 2. The maximum atomic E-state index is 11.8. The fraction of sp³-hybridized carbons (Fsp3) is 0.818. The van der Waals surface area contributed by atoms with Crippen LogP contribution in [0.3, 0.4) is 0 Å². The SMILES string of the molecule is CC(C(=O)OC(C)(C)C)N1CCN(C)C1=O. The van der Waals surface area contributed by atoms with E-state index in [1.807, 2.05) is 20.8 Å². The average molecular weight is 228 g/mol. The number of carbonyl (C=O) groups is 2. The molecule has 0 aromatic heterocycles. The minimum Gasteiger partial charge on any atom is -0.458 e. The maximum absolute atomic E-state index is 11.8. The van der Waals surface area contributed by atoms with E-state index in [9.17, 15) is 9.59 Å². The van der Waals surface area contributed by atoms with Crippen LogP contribution < -0.4 is 0 Å². The third-order valence-electron chi connectivity index (χ3n) is 2.46. The third-order valence-corrected chi connectivity index (χ3v) is 2.46. The Bertz CT molecular complexity index is 296. The van der Waals surface area contributed by atoms with E-state index in [0.29, 0.717) is 13.1 Å². The van der Waals surface area contributed by atoms with Gasteiger partial charge in [0.1, 0.15) is 11.6 Å². The normalized spacial score (nSPS) is 18.9. The van der Waals surface area contributed by atoms with Gasteiger partial charge in [0.05, 0.1) is 0 Å². The predicted octanol–water partition coefficient (Wildman–Crippen LogP) is 1.08. The average Bonchev–Trinajstić information content (AvgIpc) is 2.44. The van der Waals surface area contributed by atoms with Gasteiger partial charge in [-0.15, -0.1) is 0 Å². The quantitative estimate of drug-likeness (QED) is 0.665. The number of hydrogen-bond acceptors (Lipinski definition) is 3. The maximum Gasteiger partial charge on any atom is 0.329 e. The lowest BCUT2D eigenvalue weighted by atomic mass is 10.2. The molecule has 0 spiro atoms. The lowest BCUT2D eigenvalue weighted by Gasteiger charge is -2.27. The van der Waals surface area contributed by atoms with Crippen molar-refractivity contribution < 1.29 is 14.3 Å². The van der Waals surface area contributed by atoms with Crippen LogP contribution in [-0.4, -0.2) is 53.6 Å². The Hall–Kier alpha value is -1.26. The zero-order valence-electron chi connectivity index (χ0n) is 10.6. The van der Waals surface area contributed by atoms with Gasteiger partial charge >= 0.3 is 12.0 Å². The van der Waals surface area contributed by atoms with Crippen molar-refractivity contribution in [3.8, 4) is 0 Å². The fourth-order valence-corrected chi connectivity index (χ4v) is 1.54. The number of likely N-dealkylation sites (N-methyl/N-ethyl adjacent to an activating group) is 1. The summed E-state index contributed by atoms with van der Waals surface area (Å²) in [7, 11) is 1.73. The molecule has 2 amide bonds. The van der Waals surface area contributed by atoms with E-state index in [-0.39, 0.29) is 12.0 Å². The van der Waals surface area contributed by atoms with E-state index in [1.54, 1.807) is 18.9 Å². The van der Waals surface area contributed by atoms with Crippen LogP contribution in [0, 0.1) is 0 Å². The first-order chi connectivity index (χ1) is 7.22. The largest absolute Gasteiger partial charge is 0.458 e. The molecule has 0 radical (unpaired) electrons. The summed E-state index contributed by atoms with van der Waals surface area (Å²) in [6, 6.07) is -0.630. The molecule has 16 heavy (non-hydrogen) atoms. The Labute approximate surface area is 96.3 Å². The third kappa shape index (κ3) is 2.87. The number of ether oxygens (including phenoxy) is 1. The predicted molar refractivity (Wildman–Crippen MR) is 60.0 cm³/mol. The summed E-state index contributed by atoms with van der Waals surface area (Å²) >= 11 is 0. The van der Waals surface area contributed by atoms with Gasteiger partial charge in [0.15, 0.2) is 0 Å². The monoisotopic (exact) mass is 228 g/mol. The van der Waals surface area contributed by atoms with Gasteiger partial charge in [0, 0.05) is 20.1 Å². The Morgan fingerprint density at radius 1 is 1.38 bits per heavy atom. The highest BCUT2D eigenvalue weighted by Crippen LogP contribution is 2.15. The van der Waals surface area contributed by atoms with Crippen molar-refractivity contribution in [2.75, 3.05) is 20.1 Å². The Balaban J connectivity index is 2.61. The number of esters is 1. The summed E-state index contributed by atoms with van der Waals surface area (Å²) in [5.74, 6) is -0.351. The van der Waals surface area contributed by atoms with Gasteiger partial charge < -0.3 is 14.5 Å². The molecule has 92 valence electrons. The fourth-order valence-electron chi connectivity index (χ4n) is 1.54. The number of nitrogens with zero attached hydrogens (tertiary/aromatic N) is 2. The van der Waals surface area contributed by atoms with Crippen molar-refractivity contribution in [2.45, 2.75) is 39.3 Å². The molecule has 5 nitrogen and oxygen atoms in total. The van der Waals surface area contributed by atoms with Crippen molar-refractivity contribution in [1.82, 2.24) is 9.80 Å². The molecular weight excluding hydrogens is 208 g/mol. The molecule has 0 bridgehead atoms. The zero-order valence-corrected chi connectivity index (χ0v) is 10.6. The van der Waals surface area contributed by atoms with Crippen LogP contribution in [0.2, 0.25) is 0 Å². The van der Waals surface area contributed by atoms with Crippen molar-refractivity contribution in [3.05, 3.63) is 0 Å². The first-order valence-electron chi connectivity index (χ1n) is 5.47. The highest BCUT2D eigenvalue weighted by atomic mass is 16.6. The lowest BCUT2D eigenvalue weighted by Crippen LogP contribution is -2.44. The summed E-state index contributed by atoms with van der Waals surface area (Å²) in [6.07, 6.45) is 0. The van der Waals surface area contributed by atoms with Gasteiger partial charge in [-0.1, -0.05) is 0 Å². The second-order valence-corrected chi connectivity index (χ2v) is 5.11. The molecule has 1 rings (SSSR count). The highest BCUT2D eigenvalue weighted by Gasteiger charge is 2.34. The van der Waals surface area contributed by atoms with E-state index in [1.165, 1.54) is 4.90 Å².